The summed E-state index contributed by atoms with van der Waals surface area (Å²) in [6.45, 7) is 2.56. The van der Waals surface area contributed by atoms with Crippen molar-refractivity contribution in [2.75, 3.05) is 23.7 Å². The summed E-state index contributed by atoms with van der Waals surface area (Å²) in [4.78, 5) is 25.5. The van der Waals surface area contributed by atoms with Crippen molar-refractivity contribution in [3.63, 3.8) is 0 Å². The third kappa shape index (κ3) is 8.26. The maximum atomic E-state index is 12.8. The SMILES string of the molecule is Cc1ccc(NC(=O)[C@H](CCCCN)NC(=O)CNc2cccc(Oc3ccccc3)c2)cc1. The monoisotopic (exact) mass is 460 g/mol. The van der Waals surface area contributed by atoms with Gasteiger partial charge in [0, 0.05) is 17.4 Å². The minimum absolute atomic E-state index is 0.0278. The molecule has 0 spiro atoms. The van der Waals surface area contributed by atoms with Crippen LogP contribution in [-0.2, 0) is 9.59 Å². The maximum Gasteiger partial charge on any atom is 0.246 e. The van der Waals surface area contributed by atoms with Crippen LogP contribution in [0.15, 0.2) is 78.9 Å². The summed E-state index contributed by atoms with van der Waals surface area (Å²) in [5, 5.41) is 8.82. The highest BCUT2D eigenvalue weighted by Crippen LogP contribution is 2.23. The van der Waals surface area contributed by atoms with Gasteiger partial charge in [0.1, 0.15) is 17.5 Å². The molecule has 0 unspecified atom stereocenters. The summed E-state index contributed by atoms with van der Waals surface area (Å²) in [5.41, 5.74) is 8.14. The standard InChI is InChI=1S/C27H32N4O3/c1-20-13-15-21(16-14-20)30-27(33)25(12-5-6-17-28)31-26(32)19-29-22-8-7-11-24(18-22)34-23-9-3-2-4-10-23/h2-4,7-11,13-16,18,25,29H,5-6,12,17,19,28H2,1H3,(H,30,33)(H,31,32)/t25-/m0/s1. The highest BCUT2D eigenvalue weighted by molar-refractivity contribution is 5.97. The Balaban J connectivity index is 1.55. The Morgan fingerprint density at radius 2 is 1.62 bits per heavy atom. The van der Waals surface area contributed by atoms with Crippen LogP contribution in [0.5, 0.6) is 11.5 Å². The second kappa shape index (κ2) is 13.0. The molecule has 0 aliphatic heterocycles. The molecule has 34 heavy (non-hydrogen) atoms. The smallest absolute Gasteiger partial charge is 0.246 e. The summed E-state index contributed by atoms with van der Waals surface area (Å²) in [6, 6.07) is 23.8. The second-order valence-corrected chi connectivity index (χ2v) is 8.06. The van der Waals surface area contributed by atoms with E-state index in [4.69, 9.17) is 10.5 Å². The Labute approximate surface area is 200 Å². The first-order chi connectivity index (χ1) is 16.5. The van der Waals surface area contributed by atoms with Crippen molar-refractivity contribution in [1.29, 1.82) is 0 Å². The van der Waals surface area contributed by atoms with Crippen LogP contribution in [0.4, 0.5) is 11.4 Å². The fourth-order valence-corrected chi connectivity index (χ4v) is 3.35. The highest BCUT2D eigenvalue weighted by Gasteiger charge is 2.20. The number of benzene rings is 3. The number of nitrogens with one attached hydrogen (secondary N) is 3. The first kappa shape index (κ1) is 24.8. The molecule has 0 bridgehead atoms. The Morgan fingerprint density at radius 3 is 2.35 bits per heavy atom. The quantitative estimate of drug-likeness (QED) is 0.299. The molecule has 0 saturated heterocycles. The lowest BCUT2D eigenvalue weighted by Crippen LogP contribution is -2.45. The third-order valence-electron chi connectivity index (χ3n) is 5.18. The van der Waals surface area contributed by atoms with E-state index in [-0.39, 0.29) is 18.4 Å². The highest BCUT2D eigenvalue weighted by atomic mass is 16.5. The van der Waals surface area contributed by atoms with Crippen LogP contribution in [0.2, 0.25) is 0 Å². The van der Waals surface area contributed by atoms with Gasteiger partial charge in [-0.05, 0) is 69.1 Å². The van der Waals surface area contributed by atoms with Crippen LogP contribution < -0.4 is 26.4 Å². The molecule has 3 aromatic rings. The largest absolute Gasteiger partial charge is 0.457 e. The third-order valence-corrected chi connectivity index (χ3v) is 5.18. The lowest BCUT2D eigenvalue weighted by Gasteiger charge is -2.19. The molecule has 3 rings (SSSR count). The number of para-hydroxylation sites is 1. The van der Waals surface area contributed by atoms with Crippen molar-refractivity contribution in [2.45, 2.75) is 32.2 Å². The molecule has 7 heteroatoms. The van der Waals surface area contributed by atoms with Crippen molar-refractivity contribution in [3.8, 4) is 11.5 Å². The number of carbonyl (C=O) groups is 2. The minimum atomic E-state index is -0.644. The molecular formula is C27H32N4O3. The van der Waals surface area contributed by atoms with Gasteiger partial charge < -0.3 is 26.4 Å². The van der Waals surface area contributed by atoms with Crippen molar-refractivity contribution < 1.29 is 14.3 Å². The first-order valence-corrected chi connectivity index (χ1v) is 11.5. The maximum absolute atomic E-state index is 12.8. The van der Waals surface area contributed by atoms with Crippen LogP contribution in [0, 0.1) is 6.92 Å². The number of anilines is 2. The van der Waals surface area contributed by atoms with Gasteiger partial charge in [0.05, 0.1) is 6.54 Å². The fourth-order valence-electron chi connectivity index (χ4n) is 3.35. The predicted octanol–water partition coefficient (Wildman–Crippen LogP) is 4.45. The molecule has 0 saturated carbocycles. The average Bonchev–Trinajstić information content (AvgIpc) is 2.84. The lowest BCUT2D eigenvalue weighted by atomic mass is 10.1. The minimum Gasteiger partial charge on any atom is -0.457 e. The van der Waals surface area contributed by atoms with Gasteiger partial charge in [-0.3, -0.25) is 9.59 Å². The number of hydrogen-bond donors (Lipinski definition) is 4. The average molecular weight is 461 g/mol. The summed E-state index contributed by atoms with van der Waals surface area (Å²) in [5.74, 6) is 0.879. The molecule has 0 radical (unpaired) electrons. The molecule has 178 valence electrons. The van der Waals surface area contributed by atoms with Gasteiger partial charge in [-0.1, -0.05) is 42.0 Å². The molecule has 3 aromatic carbocycles. The van der Waals surface area contributed by atoms with Gasteiger partial charge in [-0.25, -0.2) is 0 Å². The van der Waals surface area contributed by atoms with Gasteiger partial charge >= 0.3 is 0 Å². The van der Waals surface area contributed by atoms with E-state index in [0.29, 0.717) is 24.4 Å². The van der Waals surface area contributed by atoms with Crippen LogP contribution in [0.3, 0.4) is 0 Å². The number of ether oxygens (including phenoxy) is 1. The van der Waals surface area contributed by atoms with Crippen molar-refractivity contribution in [1.82, 2.24) is 5.32 Å². The number of aryl methyl sites for hydroxylation is 1. The molecule has 0 aliphatic carbocycles. The van der Waals surface area contributed by atoms with E-state index in [2.05, 4.69) is 16.0 Å². The van der Waals surface area contributed by atoms with Gasteiger partial charge in [-0.2, -0.15) is 0 Å². The molecular weight excluding hydrogens is 428 g/mol. The van der Waals surface area contributed by atoms with E-state index >= 15 is 0 Å². The number of unbranched alkanes of at least 4 members (excludes halogenated alkanes) is 1. The van der Waals surface area contributed by atoms with Gasteiger partial charge in [0.2, 0.25) is 11.8 Å². The van der Waals surface area contributed by atoms with Gasteiger partial charge in [-0.15, -0.1) is 0 Å². The first-order valence-electron chi connectivity index (χ1n) is 11.5. The fraction of sp³-hybridized carbons (Fsp3) is 0.259. The summed E-state index contributed by atoms with van der Waals surface area (Å²) in [6.07, 6.45) is 2.05. The molecule has 0 fully saturated rings. The predicted molar refractivity (Wildman–Crippen MR) is 136 cm³/mol. The molecule has 5 N–H and O–H groups in total. The number of hydrogen-bond acceptors (Lipinski definition) is 5. The Bertz CT molecular complexity index is 1050. The molecule has 7 nitrogen and oxygen atoms in total. The van der Waals surface area contributed by atoms with Crippen molar-refractivity contribution in [2.24, 2.45) is 5.73 Å². The summed E-state index contributed by atoms with van der Waals surface area (Å²) < 4.78 is 5.84. The van der Waals surface area contributed by atoms with E-state index in [1.807, 2.05) is 85.8 Å². The second-order valence-electron chi connectivity index (χ2n) is 8.06. The van der Waals surface area contributed by atoms with Crippen LogP contribution >= 0.6 is 0 Å². The Hall–Kier alpha value is -3.84. The number of carbonyl (C=O) groups excluding carboxylic acids is 2. The molecule has 0 aliphatic rings. The summed E-state index contributed by atoms with van der Waals surface area (Å²) >= 11 is 0. The number of rotatable bonds is 12. The van der Waals surface area contributed by atoms with E-state index in [1.54, 1.807) is 0 Å². The zero-order valence-corrected chi connectivity index (χ0v) is 19.4. The number of nitrogens with two attached hydrogens (primary N) is 1. The number of amides is 2. The van der Waals surface area contributed by atoms with E-state index < -0.39 is 6.04 Å². The van der Waals surface area contributed by atoms with Gasteiger partial charge in [0.25, 0.3) is 0 Å². The Kier molecular flexibility index (Phi) is 9.49. The molecule has 0 aromatic heterocycles. The normalized spacial score (nSPS) is 11.4. The van der Waals surface area contributed by atoms with Crippen LogP contribution in [-0.4, -0.2) is 30.9 Å². The summed E-state index contributed by atoms with van der Waals surface area (Å²) in [7, 11) is 0. The Morgan fingerprint density at radius 1 is 0.882 bits per heavy atom. The van der Waals surface area contributed by atoms with E-state index in [1.165, 1.54) is 0 Å². The lowest BCUT2D eigenvalue weighted by molar-refractivity contribution is -0.125. The topological polar surface area (TPSA) is 105 Å². The molecule has 2 amide bonds. The zero-order chi connectivity index (χ0) is 24.2. The molecule has 1 atom stereocenters. The van der Waals surface area contributed by atoms with Crippen molar-refractivity contribution in [3.05, 3.63) is 84.4 Å². The van der Waals surface area contributed by atoms with E-state index in [0.717, 1.165) is 29.8 Å². The van der Waals surface area contributed by atoms with Gasteiger partial charge in [0.15, 0.2) is 0 Å². The van der Waals surface area contributed by atoms with Crippen LogP contribution in [0.1, 0.15) is 24.8 Å². The molecule has 0 heterocycles. The van der Waals surface area contributed by atoms with E-state index in [9.17, 15) is 9.59 Å². The van der Waals surface area contributed by atoms with Crippen molar-refractivity contribution >= 4 is 23.2 Å². The zero-order valence-electron chi connectivity index (χ0n) is 19.4. The van der Waals surface area contributed by atoms with Crippen LogP contribution in [0.25, 0.3) is 0 Å².